The molecular formula is C23H25ClFN3O3S. The summed E-state index contributed by atoms with van der Waals surface area (Å²) >= 11 is 6.12. The van der Waals surface area contributed by atoms with E-state index in [2.05, 4.69) is 14.5 Å². The predicted molar refractivity (Wildman–Crippen MR) is 123 cm³/mol. The molecule has 2 heterocycles. The van der Waals surface area contributed by atoms with Gasteiger partial charge in [0.25, 0.3) is 0 Å². The summed E-state index contributed by atoms with van der Waals surface area (Å²) in [5.74, 6) is 0.443. The highest BCUT2D eigenvalue weighted by atomic mass is 35.5. The number of benzene rings is 2. The molecule has 0 radical (unpaired) electrons. The fourth-order valence-electron chi connectivity index (χ4n) is 3.98. The zero-order valence-corrected chi connectivity index (χ0v) is 19.2. The highest BCUT2D eigenvalue weighted by Crippen LogP contribution is 2.26. The van der Waals surface area contributed by atoms with E-state index in [1.54, 1.807) is 49.6 Å². The summed E-state index contributed by atoms with van der Waals surface area (Å²) in [5.41, 5.74) is 1.49. The van der Waals surface area contributed by atoms with Crippen LogP contribution in [0.15, 0.2) is 70.2 Å². The maximum Gasteiger partial charge on any atom is 0.240 e. The van der Waals surface area contributed by atoms with Gasteiger partial charge in [0.05, 0.1) is 17.2 Å². The molecule has 1 unspecified atom stereocenters. The number of hydrogen-bond acceptors (Lipinski definition) is 5. The molecule has 1 aromatic heterocycles. The summed E-state index contributed by atoms with van der Waals surface area (Å²) in [6.07, 6.45) is 1.59. The Hall–Kier alpha value is -2.39. The van der Waals surface area contributed by atoms with Gasteiger partial charge in [-0.1, -0.05) is 17.7 Å². The SMILES string of the molecule is Cc1c(Cl)cccc1S(=O)(=O)NCC(c1ccco1)N1CCN(c2ccc(F)cc2)CC1. The van der Waals surface area contributed by atoms with E-state index in [0.29, 0.717) is 29.4 Å². The number of anilines is 1. The molecule has 0 aliphatic carbocycles. The minimum atomic E-state index is -3.74. The minimum Gasteiger partial charge on any atom is -0.468 e. The zero-order valence-electron chi connectivity index (χ0n) is 17.7. The van der Waals surface area contributed by atoms with Crippen LogP contribution in [0.1, 0.15) is 17.4 Å². The van der Waals surface area contributed by atoms with Crippen LogP contribution in [0.5, 0.6) is 0 Å². The lowest BCUT2D eigenvalue weighted by Crippen LogP contribution is -2.49. The molecule has 3 aromatic rings. The van der Waals surface area contributed by atoms with Gasteiger partial charge in [0.2, 0.25) is 10.0 Å². The first kappa shape index (κ1) is 22.8. The molecule has 0 saturated carbocycles. The second-order valence-corrected chi connectivity index (χ2v) is 9.89. The van der Waals surface area contributed by atoms with Crippen LogP contribution in [0, 0.1) is 12.7 Å². The number of nitrogens with one attached hydrogen (secondary N) is 1. The predicted octanol–water partition coefficient (Wildman–Crippen LogP) is 4.22. The summed E-state index contributed by atoms with van der Waals surface area (Å²) in [6.45, 7) is 4.75. The first-order valence-corrected chi connectivity index (χ1v) is 12.2. The lowest BCUT2D eigenvalue weighted by Gasteiger charge is -2.39. The molecule has 4 rings (SSSR count). The van der Waals surface area contributed by atoms with Crippen LogP contribution in [0.2, 0.25) is 5.02 Å². The van der Waals surface area contributed by atoms with Gasteiger partial charge in [0.15, 0.2) is 0 Å². The lowest BCUT2D eigenvalue weighted by molar-refractivity contribution is 0.166. The van der Waals surface area contributed by atoms with Gasteiger partial charge in [0, 0.05) is 43.4 Å². The molecule has 0 spiro atoms. The Morgan fingerprint density at radius 2 is 1.78 bits per heavy atom. The van der Waals surface area contributed by atoms with E-state index in [1.807, 2.05) is 6.07 Å². The van der Waals surface area contributed by atoms with Gasteiger partial charge in [-0.15, -0.1) is 0 Å². The molecule has 2 aromatic carbocycles. The number of piperazine rings is 1. The van der Waals surface area contributed by atoms with E-state index in [-0.39, 0.29) is 23.3 Å². The van der Waals surface area contributed by atoms with E-state index < -0.39 is 10.0 Å². The fourth-order valence-corrected chi connectivity index (χ4v) is 5.51. The average molecular weight is 478 g/mol. The van der Waals surface area contributed by atoms with E-state index >= 15 is 0 Å². The highest BCUT2D eigenvalue weighted by molar-refractivity contribution is 7.89. The van der Waals surface area contributed by atoms with Crippen LogP contribution < -0.4 is 9.62 Å². The molecule has 1 aliphatic heterocycles. The standard InChI is InChI=1S/C23H25ClFN3O3S/c1-17-20(24)4-2-6-23(17)32(29,30)26-16-21(22-5-3-15-31-22)28-13-11-27(12-14-28)19-9-7-18(25)8-10-19/h2-10,15,21,26H,11-14,16H2,1H3. The third-order valence-corrected chi connectivity index (χ3v) is 7.77. The van der Waals surface area contributed by atoms with Crippen molar-refractivity contribution in [3.05, 3.63) is 83.0 Å². The molecule has 1 aliphatic rings. The smallest absolute Gasteiger partial charge is 0.240 e. The maximum atomic E-state index is 13.2. The maximum absolute atomic E-state index is 13.2. The lowest BCUT2D eigenvalue weighted by atomic mass is 10.1. The summed E-state index contributed by atoms with van der Waals surface area (Å²) in [4.78, 5) is 4.56. The molecule has 6 nitrogen and oxygen atoms in total. The molecule has 0 amide bonds. The van der Waals surface area contributed by atoms with Gasteiger partial charge in [-0.25, -0.2) is 17.5 Å². The first-order valence-electron chi connectivity index (χ1n) is 10.4. The van der Waals surface area contributed by atoms with Gasteiger partial charge in [0.1, 0.15) is 11.6 Å². The number of halogens is 2. The highest BCUT2D eigenvalue weighted by Gasteiger charge is 2.29. The van der Waals surface area contributed by atoms with E-state index in [4.69, 9.17) is 16.0 Å². The van der Waals surface area contributed by atoms with E-state index in [9.17, 15) is 12.8 Å². The number of rotatable bonds is 7. The molecule has 1 N–H and O–H groups in total. The zero-order chi connectivity index (χ0) is 22.7. The van der Waals surface area contributed by atoms with Crippen molar-refractivity contribution < 1.29 is 17.2 Å². The average Bonchev–Trinajstić information content (AvgIpc) is 3.31. The molecule has 1 atom stereocenters. The minimum absolute atomic E-state index is 0.165. The third kappa shape index (κ3) is 4.99. The van der Waals surface area contributed by atoms with Crippen LogP contribution in [0.25, 0.3) is 0 Å². The van der Waals surface area contributed by atoms with Crippen molar-refractivity contribution in [3.8, 4) is 0 Å². The molecule has 1 saturated heterocycles. The van der Waals surface area contributed by atoms with Crippen molar-refractivity contribution in [2.45, 2.75) is 17.9 Å². The molecule has 32 heavy (non-hydrogen) atoms. The Kier molecular flexibility index (Phi) is 6.85. The Balaban J connectivity index is 1.47. The Bertz CT molecular complexity index is 1150. The van der Waals surface area contributed by atoms with Crippen LogP contribution in [0.3, 0.4) is 0 Å². The van der Waals surface area contributed by atoms with Crippen LogP contribution >= 0.6 is 11.6 Å². The van der Waals surface area contributed by atoms with Crippen molar-refractivity contribution in [1.29, 1.82) is 0 Å². The van der Waals surface area contributed by atoms with Crippen molar-refractivity contribution in [3.63, 3.8) is 0 Å². The van der Waals surface area contributed by atoms with Crippen molar-refractivity contribution >= 4 is 27.3 Å². The topological polar surface area (TPSA) is 65.8 Å². The number of furan rings is 1. The van der Waals surface area contributed by atoms with Crippen molar-refractivity contribution in [2.24, 2.45) is 0 Å². The van der Waals surface area contributed by atoms with Crippen molar-refractivity contribution in [2.75, 3.05) is 37.6 Å². The number of hydrogen-bond donors (Lipinski definition) is 1. The van der Waals surface area contributed by atoms with Gasteiger partial charge < -0.3 is 9.32 Å². The normalized spacial score (nSPS) is 16.3. The van der Waals surface area contributed by atoms with Crippen LogP contribution in [-0.4, -0.2) is 46.0 Å². The molecule has 0 bridgehead atoms. The van der Waals surface area contributed by atoms with E-state index in [1.165, 1.54) is 12.1 Å². The second kappa shape index (κ2) is 9.62. The third-order valence-electron chi connectivity index (χ3n) is 5.79. The fraction of sp³-hybridized carbons (Fsp3) is 0.304. The summed E-state index contributed by atoms with van der Waals surface area (Å²) in [5, 5.41) is 0.410. The summed E-state index contributed by atoms with van der Waals surface area (Å²) in [7, 11) is -3.74. The summed E-state index contributed by atoms with van der Waals surface area (Å²) < 4.78 is 47.5. The summed E-state index contributed by atoms with van der Waals surface area (Å²) in [6, 6.07) is 14.7. The molecule has 9 heteroatoms. The van der Waals surface area contributed by atoms with E-state index in [0.717, 1.165) is 18.8 Å². The molecular weight excluding hydrogens is 453 g/mol. The van der Waals surface area contributed by atoms with Crippen LogP contribution in [0.4, 0.5) is 10.1 Å². The Morgan fingerprint density at radius 1 is 1.06 bits per heavy atom. The van der Waals surface area contributed by atoms with Gasteiger partial charge in [-0.3, -0.25) is 4.90 Å². The largest absolute Gasteiger partial charge is 0.468 e. The number of sulfonamides is 1. The molecule has 170 valence electrons. The van der Waals surface area contributed by atoms with Crippen molar-refractivity contribution in [1.82, 2.24) is 9.62 Å². The van der Waals surface area contributed by atoms with Gasteiger partial charge in [-0.2, -0.15) is 0 Å². The van der Waals surface area contributed by atoms with Gasteiger partial charge >= 0.3 is 0 Å². The quantitative estimate of drug-likeness (QED) is 0.552. The second-order valence-electron chi connectivity index (χ2n) is 7.75. The first-order chi connectivity index (χ1) is 15.3. The van der Waals surface area contributed by atoms with Crippen LogP contribution in [-0.2, 0) is 10.0 Å². The van der Waals surface area contributed by atoms with Gasteiger partial charge in [-0.05, 0) is 61.0 Å². The molecule has 1 fully saturated rings. The Morgan fingerprint density at radius 3 is 2.44 bits per heavy atom. The Labute approximate surface area is 192 Å². The number of nitrogens with zero attached hydrogens (tertiary/aromatic N) is 2. The monoisotopic (exact) mass is 477 g/mol.